The lowest BCUT2D eigenvalue weighted by Crippen LogP contribution is -2.12. The average Bonchev–Trinajstić information content (AvgIpc) is 2.91. The Morgan fingerprint density at radius 1 is 1.12 bits per heavy atom. The normalized spacial score (nSPS) is 12.3. The second-order valence-electron chi connectivity index (χ2n) is 5.11. The van der Waals surface area contributed by atoms with Crippen molar-refractivity contribution in [3.63, 3.8) is 0 Å². The number of nitrogens with two attached hydrogens (primary N) is 1. The monoisotopic (exact) mass is 382 g/mol. The second kappa shape index (κ2) is 7.01. The molecule has 0 aliphatic heterocycles. The fourth-order valence-electron chi connectivity index (χ4n) is 2.17. The van der Waals surface area contributed by atoms with E-state index in [1.807, 2.05) is 6.92 Å². The van der Waals surface area contributed by atoms with E-state index in [1.165, 1.54) is 28.6 Å². The smallest absolute Gasteiger partial charge is 0.210 e. The molecule has 1 heterocycles. The summed E-state index contributed by atoms with van der Waals surface area (Å²) >= 11 is 13.6. The number of halogens is 3. The predicted molar refractivity (Wildman–Crippen MR) is 96.3 cm³/mol. The number of rotatable bonds is 4. The van der Waals surface area contributed by atoms with E-state index in [4.69, 9.17) is 29.0 Å². The number of hydrogen-bond donors (Lipinski definition) is 1. The number of hydrogen-bond acceptors (Lipinski definition) is 4. The lowest BCUT2D eigenvalue weighted by atomic mass is 10.2. The first-order valence-corrected chi connectivity index (χ1v) is 8.67. The molecular formula is C16H13Cl2FN4S. The summed E-state index contributed by atoms with van der Waals surface area (Å²) in [5.74, 6) is 6.27. The predicted octanol–water partition coefficient (Wildman–Crippen LogP) is 4.96. The SMILES string of the molecule is CC(Sc1nnc(-c2cc(Cl)ccc2Cl)n1N)c1ccc(F)cc1. The Morgan fingerprint density at radius 2 is 1.83 bits per heavy atom. The summed E-state index contributed by atoms with van der Waals surface area (Å²) in [6, 6.07) is 11.4. The minimum Gasteiger partial charge on any atom is -0.335 e. The van der Waals surface area contributed by atoms with Crippen LogP contribution in [0, 0.1) is 5.82 Å². The van der Waals surface area contributed by atoms with Crippen molar-refractivity contribution in [2.45, 2.75) is 17.3 Å². The van der Waals surface area contributed by atoms with Crippen LogP contribution in [-0.2, 0) is 0 Å². The lowest BCUT2D eigenvalue weighted by molar-refractivity contribution is 0.627. The molecule has 24 heavy (non-hydrogen) atoms. The number of aromatic nitrogens is 3. The fourth-order valence-corrected chi connectivity index (χ4v) is 3.44. The molecule has 0 aliphatic carbocycles. The van der Waals surface area contributed by atoms with E-state index in [2.05, 4.69) is 10.2 Å². The van der Waals surface area contributed by atoms with Crippen molar-refractivity contribution in [3.8, 4) is 11.4 Å². The molecule has 0 fully saturated rings. The molecule has 0 aliphatic rings. The summed E-state index contributed by atoms with van der Waals surface area (Å²) in [5, 5.41) is 9.81. The van der Waals surface area contributed by atoms with Crippen molar-refractivity contribution >= 4 is 35.0 Å². The Hall–Kier alpha value is -1.76. The lowest BCUT2D eigenvalue weighted by Gasteiger charge is -2.11. The third-order valence-corrected chi connectivity index (χ3v) is 5.14. The summed E-state index contributed by atoms with van der Waals surface area (Å²) in [6.45, 7) is 1.98. The maximum Gasteiger partial charge on any atom is 0.210 e. The summed E-state index contributed by atoms with van der Waals surface area (Å²) < 4.78 is 14.4. The number of thioether (sulfide) groups is 1. The zero-order valence-electron chi connectivity index (χ0n) is 12.6. The molecule has 0 spiro atoms. The highest BCUT2D eigenvalue weighted by Crippen LogP contribution is 2.36. The third kappa shape index (κ3) is 3.50. The average molecular weight is 383 g/mol. The summed E-state index contributed by atoms with van der Waals surface area (Å²) in [4.78, 5) is 0. The van der Waals surface area contributed by atoms with Crippen LogP contribution in [0.1, 0.15) is 17.7 Å². The van der Waals surface area contributed by atoms with Crippen molar-refractivity contribution in [1.82, 2.24) is 14.9 Å². The largest absolute Gasteiger partial charge is 0.335 e. The van der Waals surface area contributed by atoms with E-state index < -0.39 is 0 Å². The molecule has 2 N–H and O–H groups in total. The summed E-state index contributed by atoms with van der Waals surface area (Å²) in [7, 11) is 0. The third-order valence-electron chi connectivity index (χ3n) is 3.46. The van der Waals surface area contributed by atoms with E-state index in [1.54, 1.807) is 30.3 Å². The van der Waals surface area contributed by atoms with E-state index in [0.29, 0.717) is 26.6 Å². The van der Waals surface area contributed by atoms with Crippen molar-refractivity contribution < 1.29 is 4.39 Å². The van der Waals surface area contributed by atoms with Gasteiger partial charge < -0.3 is 5.84 Å². The minimum absolute atomic E-state index is 0.0276. The van der Waals surface area contributed by atoms with Gasteiger partial charge in [-0.25, -0.2) is 9.07 Å². The van der Waals surface area contributed by atoms with Crippen LogP contribution in [0.4, 0.5) is 4.39 Å². The van der Waals surface area contributed by atoms with Crippen LogP contribution in [0.5, 0.6) is 0 Å². The summed E-state index contributed by atoms with van der Waals surface area (Å²) in [6.07, 6.45) is 0. The standard InChI is InChI=1S/C16H13Cl2FN4S/c1-9(10-2-5-12(19)6-3-10)24-16-22-21-15(23(16)20)13-8-11(17)4-7-14(13)18/h2-9H,20H2,1H3. The molecule has 1 aromatic heterocycles. The van der Waals surface area contributed by atoms with Gasteiger partial charge in [-0.05, 0) is 42.8 Å². The van der Waals surface area contributed by atoms with Gasteiger partial charge in [0.1, 0.15) is 5.82 Å². The van der Waals surface area contributed by atoms with Crippen molar-refractivity contribution in [2.24, 2.45) is 0 Å². The first kappa shape index (κ1) is 17.1. The first-order chi connectivity index (χ1) is 11.5. The molecule has 8 heteroatoms. The quantitative estimate of drug-likeness (QED) is 0.511. The highest BCUT2D eigenvalue weighted by atomic mass is 35.5. The molecule has 0 saturated carbocycles. The van der Waals surface area contributed by atoms with Crippen LogP contribution in [0.25, 0.3) is 11.4 Å². The molecule has 3 aromatic rings. The number of nitrogens with zero attached hydrogens (tertiary/aromatic N) is 3. The Labute approximate surface area is 152 Å². The first-order valence-electron chi connectivity index (χ1n) is 7.03. The highest BCUT2D eigenvalue weighted by Gasteiger charge is 2.18. The molecule has 3 rings (SSSR count). The van der Waals surface area contributed by atoms with E-state index >= 15 is 0 Å². The number of nitrogen functional groups attached to an aromatic ring is 1. The molecule has 124 valence electrons. The molecule has 1 unspecified atom stereocenters. The Morgan fingerprint density at radius 3 is 2.54 bits per heavy atom. The van der Waals surface area contributed by atoms with Crippen molar-refractivity contribution in [3.05, 3.63) is 63.9 Å². The van der Waals surface area contributed by atoms with E-state index in [-0.39, 0.29) is 11.1 Å². The maximum atomic E-state index is 13.0. The van der Waals surface area contributed by atoms with Gasteiger partial charge in [0.25, 0.3) is 0 Å². The molecular weight excluding hydrogens is 370 g/mol. The summed E-state index contributed by atoms with van der Waals surface area (Å²) in [5.41, 5.74) is 1.58. The van der Waals surface area contributed by atoms with Gasteiger partial charge in [-0.3, -0.25) is 0 Å². The zero-order chi connectivity index (χ0) is 17.3. The van der Waals surface area contributed by atoms with Crippen LogP contribution < -0.4 is 5.84 Å². The zero-order valence-corrected chi connectivity index (χ0v) is 14.9. The van der Waals surface area contributed by atoms with Crippen molar-refractivity contribution in [2.75, 3.05) is 5.84 Å². The number of benzene rings is 2. The van der Waals surface area contributed by atoms with Gasteiger partial charge in [0.15, 0.2) is 5.82 Å². The minimum atomic E-state index is -0.268. The van der Waals surface area contributed by atoms with Gasteiger partial charge in [-0.1, -0.05) is 47.1 Å². The molecule has 0 bridgehead atoms. The Bertz CT molecular complexity index is 867. The second-order valence-corrected chi connectivity index (χ2v) is 7.26. The van der Waals surface area contributed by atoms with Crippen LogP contribution in [0.3, 0.4) is 0 Å². The fraction of sp³-hybridized carbons (Fsp3) is 0.125. The van der Waals surface area contributed by atoms with Gasteiger partial charge in [-0.2, -0.15) is 0 Å². The topological polar surface area (TPSA) is 56.7 Å². The molecule has 0 radical (unpaired) electrons. The van der Waals surface area contributed by atoms with E-state index in [0.717, 1.165) is 5.56 Å². The van der Waals surface area contributed by atoms with Gasteiger partial charge in [0.2, 0.25) is 5.16 Å². The van der Waals surface area contributed by atoms with Crippen molar-refractivity contribution in [1.29, 1.82) is 0 Å². The Kier molecular flexibility index (Phi) is 4.99. The molecule has 4 nitrogen and oxygen atoms in total. The maximum absolute atomic E-state index is 13.0. The van der Waals surface area contributed by atoms with E-state index in [9.17, 15) is 4.39 Å². The van der Waals surface area contributed by atoms with Crippen LogP contribution >= 0.6 is 35.0 Å². The highest BCUT2D eigenvalue weighted by molar-refractivity contribution is 7.99. The van der Waals surface area contributed by atoms with Crippen LogP contribution in [0.15, 0.2) is 47.6 Å². The van der Waals surface area contributed by atoms with Crippen LogP contribution in [0.2, 0.25) is 10.0 Å². The van der Waals surface area contributed by atoms with Gasteiger partial charge in [0, 0.05) is 15.8 Å². The van der Waals surface area contributed by atoms with Gasteiger partial charge >= 0.3 is 0 Å². The molecule has 2 aromatic carbocycles. The Balaban J connectivity index is 1.87. The van der Waals surface area contributed by atoms with Gasteiger partial charge in [0.05, 0.1) is 5.02 Å². The van der Waals surface area contributed by atoms with Gasteiger partial charge in [-0.15, -0.1) is 10.2 Å². The molecule has 0 amide bonds. The molecule has 0 saturated heterocycles. The van der Waals surface area contributed by atoms with Crippen LogP contribution in [-0.4, -0.2) is 14.9 Å². The molecule has 1 atom stereocenters.